The summed E-state index contributed by atoms with van der Waals surface area (Å²) in [5.74, 6) is -0.0916. The van der Waals surface area contributed by atoms with Crippen LogP contribution in [0.25, 0.3) is 6.08 Å². The number of carbonyl (C=O) groups excluding carboxylic acids is 2. The van der Waals surface area contributed by atoms with E-state index >= 15 is 0 Å². The first kappa shape index (κ1) is 10.4. The monoisotopic (exact) mass is 188 g/mol. The molecule has 0 aliphatic carbocycles. The highest BCUT2D eigenvalue weighted by molar-refractivity contribution is 6.01. The number of hydrogen-bond acceptors (Lipinski definition) is 2. The van der Waals surface area contributed by atoms with E-state index in [0.29, 0.717) is 11.1 Å². The Morgan fingerprint density at radius 2 is 1.86 bits per heavy atom. The first-order valence-corrected chi connectivity index (χ1v) is 4.34. The fraction of sp³-hybridized carbons (Fsp3) is 0.167. The van der Waals surface area contributed by atoms with Crippen molar-refractivity contribution in [2.24, 2.45) is 0 Å². The first-order chi connectivity index (χ1) is 6.56. The molecule has 0 aliphatic rings. The van der Waals surface area contributed by atoms with Gasteiger partial charge in [0.05, 0.1) is 0 Å². The fourth-order valence-corrected chi connectivity index (χ4v) is 1.26. The molecule has 0 aromatic heterocycles. The Bertz CT molecular complexity index is 403. The molecule has 0 unspecified atom stereocenters. The third kappa shape index (κ3) is 1.96. The summed E-state index contributed by atoms with van der Waals surface area (Å²) >= 11 is 0. The Hall–Kier alpha value is -1.70. The average molecular weight is 188 g/mol. The molecule has 1 rings (SSSR count). The molecule has 0 fully saturated rings. The topological polar surface area (TPSA) is 34.1 Å². The summed E-state index contributed by atoms with van der Waals surface area (Å²) < 4.78 is 0. The zero-order valence-corrected chi connectivity index (χ0v) is 8.33. The molecule has 0 bridgehead atoms. The van der Waals surface area contributed by atoms with E-state index in [1.165, 1.54) is 13.8 Å². The minimum Gasteiger partial charge on any atom is -0.295 e. The van der Waals surface area contributed by atoms with Gasteiger partial charge in [-0.15, -0.1) is 0 Å². The lowest BCUT2D eigenvalue weighted by Crippen LogP contribution is -2.00. The number of benzene rings is 1. The van der Waals surface area contributed by atoms with Crippen LogP contribution in [-0.4, -0.2) is 11.6 Å². The molecule has 0 heterocycles. The van der Waals surface area contributed by atoms with Crippen LogP contribution in [0.3, 0.4) is 0 Å². The molecular weight excluding hydrogens is 176 g/mol. The number of Topliss-reactive ketones (excluding diaryl/α,β-unsaturated/α-hetero) is 2. The smallest absolute Gasteiger partial charge is 0.160 e. The van der Waals surface area contributed by atoms with Crippen LogP contribution in [0.4, 0.5) is 0 Å². The predicted molar refractivity (Wildman–Crippen MR) is 56.5 cm³/mol. The van der Waals surface area contributed by atoms with E-state index in [2.05, 4.69) is 6.58 Å². The lowest BCUT2D eigenvalue weighted by Gasteiger charge is -2.03. The molecule has 0 atom stereocenters. The Balaban J connectivity index is 3.34. The average Bonchev–Trinajstić information content (AvgIpc) is 2.16. The summed E-state index contributed by atoms with van der Waals surface area (Å²) in [7, 11) is 0. The van der Waals surface area contributed by atoms with Gasteiger partial charge < -0.3 is 0 Å². The van der Waals surface area contributed by atoms with Crippen molar-refractivity contribution in [2.75, 3.05) is 0 Å². The van der Waals surface area contributed by atoms with Gasteiger partial charge in [-0.2, -0.15) is 0 Å². The molecule has 0 aliphatic heterocycles. The molecule has 0 radical (unpaired) electrons. The second kappa shape index (κ2) is 4.01. The van der Waals surface area contributed by atoms with E-state index in [1.807, 2.05) is 0 Å². The molecule has 14 heavy (non-hydrogen) atoms. The summed E-state index contributed by atoms with van der Waals surface area (Å²) in [6.07, 6.45) is 1.61. The van der Waals surface area contributed by atoms with Gasteiger partial charge in [-0.05, 0) is 25.5 Å². The third-order valence-electron chi connectivity index (χ3n) is 2.06. The molecule has 1 aromatic rings. The highest BCUT2D eigenvalue weighted by atomic mass is 16.1. The zero-order valence-electron chi connectivity index (χ0n) is 8.33. The highest BCUT2D eigenvalue weighted by Gasteiger charge is 2.07. The quantitative estimate of drug-likeness (QED) is 0.683. The molecule has 0 saturated heterocycles. The van der Waals surface area contributed by atoms with Gasteiger partial charge in [-0.1, -0.05) is 24.8 Å². The molecule has 0 saturated carbocycles. The van der Waals surface area contributed by atoms with Crippen LogP contribution in [0.1, 0.15) is 40.1 Å². The predicted octanol–water partition coefficient (Wildman–Crippen LogP) is 2.73. The van der Waals surface area contributed by atoms with E-state index in [4.69, 9.17) is 0 Å². The van der Waals surface area contributed by atoms with Crippen molar-refractivity contribution in [3.8, 4) is 0 Å². The van der Waals surface area contributed by atoms with Crippen molar-refractivity contribution in [1.29, 1.82) is 0 Å². The highest BCUT2D eigenvalue weighted by Crippen LogP contribution is 2.14. The fourth-order valence-electron chi connectivity index (χ4n) is 1.26. The second-order valence-corrected chi connectivity index (χ2v) is 3.12. The molecular formula is C12H12O2. The standard InChI is InChI=1S/C12H12O2/c1-4-10-5-6-11(8(2)13)7-12(10)9(3)14/h4-7H,1H2,2-3H3. The maximum atomic E-state index is 11.2. The normalized spacial score (nSPS) is 9.57. The lowest BCUT2D eigenvalue weighted by molar-refractivity contribution is 0.101. The van der Waals surface area contributed by atoms with Crippen molar-refractivity contribution in [2.45, 2.75) is 13.8 Å². The van der Waals surface area contributed by atoms with Crippen molar-refractivity contribution < 1.29 is 9.59 Å². The maximum absolute atomic E-state index is 11.2. The minimum absolute atomic E-state index is 0.0388. The first-order valence-electron chi connectivity index (χ1n) is 4.34. The van der Waals surface area contributed by atoms with Gasteiger partial charge in [0.2, 0.25) is 0 Å². The van der Waals surface area contributed by atoms with Crippen LogP contribution in [0, 0.1) is 0 Å². The van der Waals surface area contributed by atoms with E-state index in [9.17, 15) is 9.59 Å². The van der Waals surface area contributed by atoms with Crippen LogP contribution in [0.5, 0.6) is 0 Å². The maximum Gasteiger partial charge on any atom is 0.160 e. The molecule has 0 N–H and O–H groups in total. The van der Waals surface area contributed by atoms with Gasteiger partial charge in [0.1, 0.15) is 0 Å². The Morgan fingerprint density at radius 1 is 1.21 bits per heavy atom. The van der Waals surface area contributed by atoms with Gasteiger partial charge in [-0.3, -0.25) is 9.59 Å². The molecule has 0 spiro atoms. The van der Waals surface area contributed by atoms with Crippen LogP contribution in [-0.2, 0) is 0 Å². The van der Waals surface area contributed by atoms with Gasteiger partial charge in [0, 0.05) is 11.1 Å². The lowest BCUT2D eigenvalue weighted by atomic mass is 10.00. The Kier molecular flexibility index (Phi) is 2.97. The second-order valence-electron chi connectivity index (χ2n) is 3.12. The summed E-state index contributed by atoms with van der Waals surface area (Å²) in [5, 5.41) is 0. The minimum atomic E-state index is -0.0528. The van der Waals surface area contributed by atoms with Crippen molar-refractivity contribution in [3.63, 3.8) is 0 Å². The number of rotatable bonds is 3. The van der Waals surface area contributed by atoms with Gasteiger partial charge in [-0.25, -0.2) is 0 Å². The number of ketones is 2. The van der Waals surface area contributed by atoms with Crippen molar-refractivity contribution >= 4 is 17.6 Å². The number of carbonyl (C=O) groups is 2. The van der Waals surface area contributed by atoms with Crippen LogP contribution in [0.15, 0.2) is 24.8 Å². The van der Waals surface area contributed by atoms with E-state index in [-0.39, 0.29) is 11.6 Å². The molecule has 2 nitrogen and oxygen atoms in total. The third-order valence-corrected chi connectivity index (χ3v) is 2.06. The molecule has 1 aromatic carbocycles. The molecule has 2 heteroatoms. The summed E-state index contributed by atoms with van der Waals surface area (Å²) in [6, 6.07) is 5.05. The van der Waals surface area contributed by atoms with E-state index in [0.717, 1.165) is 5.56 Å². The van der Waals surface area contributed by atoms with E-state index < -0.39 is 0 Å². The van der Waals surface area contributed by atoms with Gasteiger partial charge >= 0.3 is 0 Å². The summed E-state index contributed by atoms with van der Waals surface area (Å²) in [5.41, 5.74) is 1.87. The Labute approximate surface area is 83.3 Å². The van der Waals surface area contributed by atoms with Crippen LogP contribution in [0.2, 0.25) is 0 Å². The summed E-state index contributed by atoms with van der Waals surface area (Å²) in [6.45, 7) is 6.57. The van der Waals surface area contributed by atoms with Crippen molar-refractivity contribution in [1.82, 2.24) is 0 Å². The SMILES string of the molecule is C=Cc1ccc(C(C)=O)cc1C(C)=O. The Morgan fingerprint density at radius 3 is 2.29 bits per heavy atom. The molecule has 0 amide bonds. The van der Waals surface area contributed by atoms with Gasteiger partial charge in [0.15, 0.2) is 11.6 Å². The summed E-state index contributed by atoms with van der Waals surface area (Å²) in [4.78, 5) is 22.3. The van der Waals surface area contributed by atoms with Crippen molar-refractivity contribution in [3.05, 3.63) is 41.5 Å². The van der Waals surface area contributed by atoms with E-state index in [1.54, 1.807) is 24.3 Å². The molecule has 72 valence electrons. The van der Waals surface area contributed by atoms with Crippen LogP contribution < -0.4 is 0 Å². The van der Waals surface area contributed by atoms with Gasteiger partial charge in [0.25, 0.3) is 0 Å². The zero-order chi connectivity index (χ0) is 10.7. The van der Waals surface area contributed by atoms with Crippen LogP contribution >= 0.6 is 0 Å². The largest absolute Gasteiger partial charge is 0.295 e. The number of hydrogen-bond donors (Lipinski definition) is 0.